The number of anilines is 4. The van der Waals surface area contributed by atoms with E-state index in [0.29, 0.717) is 23.0 Å². The second-order valence-corrected chi connectivity index (χ2v) is 8.37. The fourth-order valence-corrected chi connectivity index (χ4v) is 3.66. The van der Waals surface area contributed by atoms with E-state index in [1.807, 2.05) is 12.1 Å². The molecule has 3 rings (SSSR count). The highest BCUT2D eigenvalue weighted by molar-refractivity contribution is 6.35. The van der Waals surface area contributed by atoms with Crippen LogP contribution in [0.3, 0.4) is 0 Å². The van der Waals surface area contributed by atoms with Crippen LogP contribution in [0.25, 0.3) is 0 Å². The zero-order valence-corrected chi connectivity index (χ0v) is 16.6. The molecular weight excluding hydrogens is 348 g/mol. The normalized spacial score (nSPS) is 17.6. The Labute approximate surface area is 160 Å². The molecule has 1 aliphatic heterocycles. The second-order valence-electron chi connectivity index (χ2n) is 7.99. The van der Waals surface area contributed by atoms with E-state index in [1.165, 1.54) is 12.1 Å². The molecule has 26 heavy (non-hydrogen) atoms. The van der Waals surface area contributed by atoms with Gasteiger partial charge in [0.25, 0.3) is 0 Å². The molecule has 1 fully saturated rings. The third kappa shape index (κ3) is 3.69. The van der Waals surface area contributed by atoms with Crippen LogP contribution < -0.4 is 16.0 Å². The number of benzene rings is 2. The highest BCUT2D eigenvalue weighted by Crippen LogP contribution is 2.39. The van der Waals surface area contributed by atoms with Gasteiger partial charge in [0, 0.05) is 24.3 Å². The van der Waals surface area contributed by atoms with Gasteiger partial charge < -0.3 is 25.5 Å². The van der Waals surface area contributed by atoms with Crippen molar-refractivity contribution >= 4 is 34.4 Å². The van der Waals surface area contributed by atoms with Crippen molar-refractivity contribution in [3.8, 4) is 5.75 Å². The first-order valence-electron chi connectivity index (χ1n) is 8.87. The minimum atomic E-state index is 0.0332. The molecule has 0 bridgehead atoms. The first kappa shape index (κ1) is 18.7. The number of hydrogen-bond donors (Lipinski definition) is 3. The maximum Gasteiger partial charge on any atom is 0.139 e. The monoisotopic (exact) mass is 375 g/mol. The minimum absolute atomic E-state index is 0.0332. The van der Waals surface area contributed by atoms with Crippen LogP contribution in [-0.4, -0.2) is 49.9 Å². The molecule has 1 aliphatic rings. The van der Waals surface area contributed by atoms with Crippen LogP contribution in [0.2, 0.25) is 5.02 Å². The van der Waals surface area contributed by atoms with E-state index in [2.05, 4.69) is 43.5 Å². The van der Waals surface area contributed by atoms with Crippen molar-refractivity contribution in [2.75, 3.05) is 50.2 Å². The van der Waals surface area contributed by atoms with Crippen LogP contribution >= 0.6 is 11.6 Å². The highest BCUT2D eigenvalue weighted by Gasteiger charge is 2.32. The van der Waals surface area contributed by atoms with Gasteiger partial charge in [0.1, 0.15) is 16.8 Å². The molecule has 5 nitrogen and oxygen atoms in total. The Morgan fingerprint density at radius 2 is 1.88 bits per heavy atom. The van der Waals surface area contributed by atoms with Crippen molar-refractivity contribution in [2.45, 2.75) is 19.4 Å². The molecule has 1 atom stereocenters. The second kappa shape index (κ2) is 6.89. The molecule has 1 heterocycles. The predicted molar refractivity (Wildman–Crippen MR) is 111 cm³/mol. The molecule has 0 radical (unpaired) electrons. The Kier molecular flexibility index (Phi) is 4.95. The summed E-state index contributed by atoms with van der Waals surface area (Å²) in [6.45, 7) is 3.97. The predicted octanol–water partition coefficient (Wildman–Crippen LogP) is 3.96. The van der Waals surface area contributed by atoms with Gasteiger partial charge >= 0.3 is 0 Å². The van der Waals surface area contributed by atoms with Crippen LogP contribution in [0.5, 0.6) is 5.75 Å². The van der Waals surface area contributed by atoms with Gasteiger partial charge in [-0.15, -0.1) is 0 Å². The number of nitrogen functional groups attached to an aromatic ring is 1. The van der Waals surface area contributed by atoms with Gasteiger partial charge in [0.2, 0.25) is 0 Å². The first-order valence-corrected chi connectivity index (χ1v) is 9.25. The van der Waals surface area contributed by atoms with Crippen LogP contribution in [0.4, 0.5) is 22.7 Å². The number of quaternary nitrogens is 1. The smallest absolute Gasteiger partial charge is 0.139 e. The summed E-state index contributed by atoms with van der Waals surface area (Å²) in [4.78, 5) is 2.44. The molecule has 1 saturated heterocycles. The lowest BCUT2D eigenvalue weighted by atomic mass is 10.1. The summed E-state index contributed by atoms with van der Waals surface area (Å²) in [6, 6.07) is 10.8. The maximum atomic E-state index is 9.87. The summed E-state index contributed by atoms with van der Waals surface area (Å²) in [5.74, 6) is 0.0332. The van der Waals surface area contributed by atoms with Gasteiger partial charge in [-0.3, -0.25) is 0 Å². The van der Waals surface area contributed by atoms with E-state index >= 15 is 0 Å². The van der Waals surface area contributed by atoms with E-state index in [-0.39, 0.29) is 10.8 Å². The quantitative estimate of drug-likeness (QED) is 0.430. The maximum absolute atomic E-state index is 9.87. The van der Waals surface area contributed by atoms with Crippen molar-refractivity contribution in [3.05, 3.63) is 40.9 Å². The summed E-state index contributed by atoms with van der Waals surface area (Å²) in [6.07, 6.45) is 1.21. The topological polar surface area (TPSA) is 61.5 Å². The van der Waals surface area contributed by atoms with E-state index in [1.54, 1.807) is 13.0 Å². The number of halogens is 1. The third-order valence-corrected chi connectivity index (χ3v) is 5.62. The van der Waals surface area contributed by atoms with Gasteiger partial charge in [-0.1, -0.05) is 11.6 Å². The van der Waals surface area contributed by atoms with Crippen molar-refractivity contribution in [3.63, 3.8) is 0 Å². The summed E-state index contributed by atoms with van der Waals surface area (Å²) in [5, 5.41) is 13.3. The number of likely N-dealkylation sites (N-methyl/N-ethyl adjacent to an activating group) is 1. The number of phenolic OH excluding ortho intramolecular Hbond substituents is 1. The molecule has 1 unspecified atom stereocenters. The molecule has 0 amide bonds. The Balaban J connectivity index is 1.73. The molecule has 0 aliphatic carbocycles. The van der Waals surface area contributed by atoms with Crippen LogP contribution in [-0.2, 0) is 0 Å². The largest absolute Gasteiger partial charge is 0.506 e. The number of aryl methyl sites for hydroxylation is 1. The summed E-state index contributed by atoms with van der Waals surface area (Å²) < 4.78 is 0.996. The van der Waals surface area contributed by atoms with Gasteiger partial charge in [0.05, 0.1) is 39.1 Å². The zero-order valence-electron chi connectivity index (χ0n) is 15.9. The van der Waals surface area contributed by atoms with E-state index in [9.17, 15) is 5.11 Å². The summed E-state index contributed by atoms with van der Waals surface area (Å²) in [5.41, 5.74) is 9.93. The SMILES string of the molecule is Cc1cc(Nc2ccc(N3CCC([N+](C)(C)C)C3)cc2)c(N)c(Cl)c1O. The number of rotatable bonds is 4. The number of phenols is 1. The lowest BCUT2D eigenvalue weighted by molar-refractivity contribution is -0.893. The Bertz CT molecular complexity index is 799. The fourth-order valence-electron chi connectivity index (χ4n) is 3.40. The zero-order chi connectivity index (χ0) is 19.1. The molecule has 0 spiro atoms. The van der Waals surface area contributed by atoms with Crippen molar-refractivity contribution in [2.24, 2.45) is 0 Å². The minimum Gasteiger partial charge on any atom is -0.506 e. The number of nitrogens with one attached hydrogen (secondary N) is 1. The summed E-state index contributed by atoms with van der Waals surface area (Å²) in [7, 11) is 6.78. The Hall–Kier alpha value is -2.11. The van der Waals surface area contributed by atoms with Crippen LogP contribution in [0, 0.1) is 6.92 Å². The summed E-state index contributed by atoms with van der Waals surface area (Å²) >= 11 is 6.09. The Morgan fingerprint density at radius 1 is 1.23 bits per heavy atom. The van der Waals surface area contributed by atoms with Gasteiger partial charge in [-0.2, -0.15) is 0 Å². The van der Waals surface area contributed by atoms with Gasteiger partial charge in [-0.25, -0.2) is 0 Å². The fraction of sp³-hybridized carbons (Fsp3) is 0.400. The number of nitrogens with two attached hydrogens (primary N) is 1. The third-order valence-electron chi connectivity index (χ3n) is 5.24. The highest BCUT2D eigenvalue weighted by atomic mass is 35.5. The number of nitrogens with zero attached hydrogens (tertiary/aromatic N) is 2. The Morgan fingerprint density at radius 3 is 2.46 bits per heavy atom. The standard InChI is InChI=1S/C20H27ClN4O/c1-13-11-17(19(22)18(21)20(13)26)23-14-5-7-15(8-6-14)24-10-9-16(12-24)25(2,3)4/h5-8,11,16,23H,9-10,12,22H2,1-4H3/p+1. The number of aromatic hydroxyl groups is 1. The van der Waals surface area contributed by atoms with Crippen molar-refractivity contribution in [1.29, 1.82) is 0 Å². The molecule has 0 aromatic heterocycles. The molecule has 2 aromatic rings. The lowest BCUT2D eigenvalue weighted by Crippen LogP contribution is -2.46. The van der Waals surface area contributed by atoms with Crippen LogP contribution in [0.15, 0.2) is 30.3 Å². The number of hydrogen-bond acceptors (Lipinski definition) is 4. The molecule has 6 heteroatoms. The molecular formula is C20H28ClN4O+. The average Bonchev–Trinajstić information content (AvgIpc) is 3.09. The molecule has 0 saturated carbocycles. The van der Waals surface area contributed by atoms with Crippen LogP contribution in [0.1, 0.15) is 12.0 Å². The van der Waals surface area contributed by atoms with E-state index in [0.717, 1.165) is 23.3 Å². The van der Waals surface area contributed by atoms with Gasteiger partial charge in [0.15, 0.2) is 0 Å². The van der Waals surface area contributed by atoms with Crippen molar-refractivity contribution in [1.82, 2.24) is 0 Å². The van der Waals surface area contributed by atoms with E-state index in [4.69, 9.17) is 17.3 Å². The average molecular weight is 376 g/mol. The molecule has 140 valence electrons. The van der Waals surface area contributed by atoms with Crippen molar-refractivity contribution < 1.29 is 9.59 Å². The molecule has 2 aromatic carbocycles. The molecule has 4 N–H and O–H groups in total. The van der Waals surface area contributed by atoms with Gasteiger partial charge in [-0.05, 0) is 42.8 Å². The first-order chi connectivity index (χ1) is 12.2. The van der Waals surface area contributed by atoms with E-state index < -0.39 is 0 Å². The lowest BCUT2D eigenvalue weighted by Gasteiger charge is -2.31.